The quantitative estimate of drug-likeness (QED) is 0.718. The van der Waals surface area contributed by atoms with E-state index in [1.165, 1.54) is 0 Å². The number of pyridine rings is 1. The minimum absolute atomic E-state index is 0.391. The molecule has 0 saturated carbocycles. The van der Waals surface area contributed by atoms with Crippen molar-refractivity contribution in [3.63, 3.8) is 0 Å². The van der Waals surface area contributed by atoms with Gasteiger partial charge in [-0.2, -0.15) is 0 Å². The molecule has 0 fully saturated rings. The summed E-state index contributed by atoms with van der Waals surface area (Å²) in [6.07, 6.45) is 2.77. The Kier molecular flexibility index (Phi) is 2.93. The summed E-state index contributed by atoms with van der Waals surface area (Å²) in [4.78, 5) is 3.97. The van der Waals surface area contributed by atoms with Crippen molar-refractivity contribution in [1.29, 1.82) is 0 Å². The molecule has 12 heavy (non-hydrogen) atoms. The third-order valence-electron chi connectivity index (χ3n) is 1.57. The van der Waals surface area contributed by atoms with E-state index in [-0.39, 0.29) is 0 Å². The van der Waals surface area contributed by atoms with E-state index in [9.17, 15) is 0 Å². The zero-order chi connectivity index (χ0) is 9.14. The highest BCUT2D eigenvalue weighted by Crippen LogP contribution is 2.17. The number of rotatable bonds is 2. The second-order valence-electron chi connectivity index (χ2n) is 3.32. The molecule has 0 spiro atoms. The molecule has 3 heteroatoms. The van der Waals surface area contributed by atoms with Crippen LogP contribution >= 0.6 is 11.6 Å². The summed E-state index contributed by atoms with van der Waals surface area (Å²) in [7, 11) is 0. The highest BCUT2D eigenvalue weighted by Gasteiger charge is 2.01. The van der Waals surface area contributed by atoms with E-state index in [0.717, 1.165) is 12.0 Å². The van der Waals surface area contributed by atoms with Crippen LogP contribution in [-0.2, 0) is 6.42 Å². The number of aromatic nitrogens is 1. The molecular formula is C9H13ClN2. The summed E-state index contributed by atoms with van der Waals surface area (Å²) >= 11 is 5.68. The van der Waals surface area contributed by atoms with Crippen LogP contribution in [0.5, 0.6) is 0 Å². The molecule has 1 heterocycles. The fourth-order valence-electron chi connectivity index (χ4n) is 1.09. The third-order valence-corrected chi connectivity index (χ3v) is 1.88. The number of nitrogens with two attached hydrogens (primary N) is 1. The Labute approximate surface area is 77.8 Å². The average Bonchev–Trinajstić information content (AvgIpc) is 1.96. The standard InChI is InChI=1S/C9H13ClN2/c1-6(2)3-7-4-8(11)9(10)12-5-7/h4-6H,3,11H2,1-2H3. The number of hydrogen-bond donors (Lipinski definition) is 1. The molecule has 0 aliphatic rings. The first-order valence-corrected chi connectivity index (χ1v) is 4.37. The van der Waals surface area contributed by atoms with Crippen LogP contribution in [0.15, 0.2) is 12.3 Å². The first kappa shape index (κ1) is 9.33. The van der Waals surface area contributed by atoms with Gasteiger partial charge >= 0.3 is 0 Å². The predicted molar refractivity (Wildman–Crippen MR) is 52.2 cm³/mol. The van der Waals surface area contributed by atoms with Crippen LogP contribution < -0.4 is 5.73 Å². The number of nitrogens with zero attached hydrogens (tertiary/aromatic N) is 1. The highest BCUT2D eigenvalue weighted by molar-refractivity contribution is 6.31. The van der Waals surface area contributed by atoms with Crippen LogP contribution in [0.25, 0.3) is 0 Å². The van der Waals surface area contributed by atoms with Gasteiger partial charge in [0.05, 0.1) is 5.69 Å². The van der Waals surface area contributed by atoms with Gasteiger partial charge in [0, 0.05) is 6.20 Å². The summed E-state index contributed by atoms with van der Waals surface area (Å²) in [5, 5.41) is 0.391. The normalized spacial score (nSPS) is 10.7. The molecule has 0 saturated heterocycles. The van der Waals surface area contributed by atoms with E-state index in [1.807, 2.05) is 6.07 Å². The van der Waals surface area contributed by atoms with Crippen LogP contribution in [-0.4, -0.2) is 4.98 Å². The van der Waals surface area contributed by atoms with E-state index in [1.54, 1.807) is 6.20 Å². The number of halogens is 1. The zero-order valence-corrected chi connectivity index (χ0v) is 8.10. The van der Waals surface area contributed by atoms with E-state index in [2.05, 4.69) is 18.8 Å². The van der Waals surface area contributed by atoms with Gasteiger partial charge in [0.2, 0.25) is 0 Å². The minimum atomic E-state index is 0.391. The second kappa shape index (κ2) is 3.76. The van der Waals surface area contributed by atoms with Crippen LogP contribution in [0.1, 0.15) is 19.4 Å². The molecule has 0 aliphatic carbocycles. The molecule has 0 amide bonds. The van der Waals surface area contributed by atoms with Crippen molar-refractivity contribution in [2.24, 2.45) is 5.92 Å². The molecule has 2 N–H and O–H groups in total. The molecular weight excluding hydrogens is 172 g/mol. The van der Waals surface area contributed by atoms with Crippen molar-refractivity contribution >= 4 is 17.3 Å². The van der Waals surface area contributed by atoms with Gasteiger partial charge in [0.25, 0.3) is 0 Å². The lowest BCUT2D eigenvalue weighted by Crippen LogP contribution is -1.97. The van der Waals surface area contributed by atoms with Gasteiger partial charge in [-0.1, -0.05) is 25.4 Å². The maximum atomic E-state index is 5.68. The van der Waals surface area contributed by atoms with Gasteiger partial charge in [-0.15, -0.1) is 0 Å². The average molecular weight is 185 g/mol. The SMILES string of the molecule is CC(C)Cc1cnc(Cl)c(N)c1. The number of nitrogen functional groups attached to an aromatic ring is 1. The number of hydrogen-bond acceptors (Lipinski definition) is 2. The summed E-state index contributed by atoms with van der Waals surface area (Å²) in [5.41, 5.74) is 7.31. The molecule has 1 rings (SSSR count). The van der Waals surface area contributed by atoms with Gasteiger partial charge < -0.3 is 5.73 Å². The van der Waals surface area contributed by atoms with Crippen molar-refractivity contribution in [3.05, 3.63) is 23.0 Å². The lowest BCUT2D eigenvalue weighted by atomic mass is 10.0. The van der Waals surface area contributed by atoms with Crippen LogP contribution in [0.3, 0.4) is 0 Å². The maximum absolute atomic E-state index is 5.68. The summed E-state index contributed by atoms with van der Waals surface area (Å²) < 4.78 is 0. The topological polar surface area (TPSA) is 38.9 Å². The Morgan fingerprint density at radius 3 is 2.75 bits per heavy atom. The lowest BCUT2D eigenvalue weighted by Gasteiger charge is -2.05. The smallest absolute Gasteiger partial charge is 0.151 e. The van der Waals surface area contributed by atoms with E-state index in [0.29, 0.717) is 16.8 Å². The molecule has 1 aromatic heterocycles. The molecule has 66 valence electrons. The van der Waals surface area contributed by atoms with Crippen molar-refractivity contribution in [2.75, 3.05) is 5.73 Å². The molecule has 0 atom stereocenters. The Morgan fingerprint density at radius 2 is 2.25 bits per heavy atom. The lowest BCUT2D eigenvalue weighted by molar-refractivity contribution is 0.646. The van der Waals surface area contributed by atoms with Crippen LogP contribution in [0, 0.1) is 5.92 Å². The van der Waals surface area contributed by atoms with Gasteiger partial charge in [0.1, 0.15) is 0 Å². The Hall–Kier alpha value is -0.760. The molecule has 1 aromatic rings. The molecule has 0 aliphatic heterocycles. The molecule has 2 nitrogen and oxygen atoms in total. The maximum Gasteiger partial charge on any atom is 0.151 e. The second-order valence-corrected chi connectivity index (χ2v) is 3.68. The summed E-state index contributed by atoms with van der Waals surface area (Å²) in [6.45, 7) is 4.32. The van der Waals surface area contributed by atoms with Gasteiger partial charge in [-0.3, -0.25) is 0 Å². The molecule has 0 radical (unpaired) electrons. The van der Waals surface area contributed by atoms with E-state index >= 15 is 0 Å². The van der Waals surface area contributed by atoms with Crippen LogP contribution in [0.4, 0.5) is 5.69 Å². The predicted octanol–water partition coefficient (Wildman–Crippen LogP) is 2.52. The molecule has 0 unspecified atom stereocenters. The van der Waals surface area contributed by atoms with Gasteiger partial charge in [-0.05, 0) is 24.0 Å². The molecule has 0 bridgehead atoms. The third kappa shape index (κ3) is 2.38. The summed E-state index contributed by atoms with van der Waals surface area (Å²) in [6, 6.07) is 1.88. The van der Waals surface area contributed by atoms with Crippen molar-refractivity contribution in [1.82, 2.24) is 4.98 Å². The van der Waals surface area contributed by atoms with Gasteiger partial charge in [0.15, 0.2) is 5.15 Å². The Morgan fingerprint density at radius 1 is 1.58 bits per heavy atom. The van der Waals surface area contributed by atoms with Crippen LogP contribution in [0.2, 0.25) is 5.15 Å². The van der Waals surface area contributed by atoms with E-state index < -0.39 is 0 Å². The minimum Gasteiger partial charge on any atom is -0.396 e. The largest absolute Gasteiger partial charge is 0.396 e. The zero-order valence-electron chi connectivity index (χ0n) is 7.34. The fraction of sp³-hybridized carbons (Fsp3) is 0.444. The Bertz CT molecular complexity index is 271. The summed E-state index contributed by atoms with van der Waals surface area (Å²) in [5.74, 6) is 0.618. The first-order chi connectivity index (χ1) is 5.59. The monoisotopic (exact) mass is 184 g/mol. The van der Waals surface area contributed by atoms with Crippen molar-refractivity contribution < 1.29 is 0 Å². The fourth-order valence-corrected chi connectivity index (χ4v) is 1.20. The first-order valence-electron chi connectivity index (χ1n) is 3.99. The Balaban J connectivity index is 2.82. The highest BCUT2D eigenvalue weighted by atomic mass is 35.5. The molecule has 0 aromatic carbocycles. The van der Waals surface area contributed by atoms with Crippen molar-refractivity contribution in [2.45, 2.75) is 20.3 Å². The number of anilines is 1. The van der Waals surface area contributed by atoms with Crippen molar-refractivity contribution in [3.8, 4) is 0 Å². The van der Waals surface area contributed by atoms with Gasteiger partial charge in [-0.25, -0.2) is 4.98 Å². The van der Waals surface area contributed by atoms with E-state index in [4.69, 9.17) is 17.3 Å².